The number of benzene rings is 3. The monoisotopic (exact) mass is 467 g/mol. The molecule has 1 heterocycles. The van der Waals surface area contributed by atoms with Crippen LogP contribution < -0.4 is 4.90 Å². The lowest BCUT2D eigenvalue weighted by Gasteiger charge is -2.24. The van der Waals surface area contributed by atoms with Gasteiger partial charge in [-0.25, -0.2) is 4.79 Å². The van der Waals surface area contributed by atoms with Crippen LogP contribution in [0.25, 0.3) is 10.4 Å². The molecular formula is C24H15Cl2NO3S. The second-order valence-electron chi connectivity index (χ2n) is 6.62. The highest BCUT2D eigenvalue weighted by Gasteiger charge is 2.22. The number of carboxylic acids is 1. The minimum absolute atomic E-state index is 0.254. The van der Waals surface area contributed by atoms with Gasteiger partial charge in [0.05, 0.1) is 10.6 Å². The van der Waals surface area contributed by atoms with E-state index in [0.717, 1.165) is 10.4 Å². The number of para-hydroxylation sites is 1. The van der Waals surface area contributed by atoms with Crippen molar-refractivity contribution in [1.82, 2.24) is 0 Å². The molecule has 0 atom stereocenters. The molecule has 0 bridgehead atoms. The molecule has 0 aliphatic carbocycles. The lowest BCUT2D eigenvalue weighted by molar-refractivity contribution is 0.0702. The first-order valence-corrected chi connectivity index (χ1v) is 10.8. The summed E-state index contributed by atoms with van der Waals surface area (Å²) in [6.07, 6.45) is 0. The summed E-state index contributed by atoms with van der Waals surface area (Å²) in [6.45, 7) is 0. The average Bonchev–Trinajstić information content (AvgIpc) is 3.26. The third-order valence-corrected chi connectivity index (χ3v) is 6.25. The maximum atomic E-state index is 13.5. The zero-order valence-electron chi connectivity index (χ0n) is 16.0. The Bertz CT molecular complexity index is 1270. The van der Waals surface area contributed by atoms with Gasteiger partial charge in [0.2, 0.25) is 0 Å². The zero-order chi connectivity index (χ0) is 22.0. The highest BCUT2D eigenvalue weighted by atomic mass is 35.5. The second kappa shape index (κ2) is 8.94. The molecule has 4 aromatic rings. The Balaban J connectivity index is 1.81. The smallest absolute Gasteiger partial charge is 0.345 e. The molecule has 0 aliphatic rings. The molecule has 1 amide bonds. The molecule has 31 heavy (non-hydrogen) atoms. The molecule has 3 aromatic carbocycles. The second-order valence-corrected chi connectivity index (χ2v) is 8.55. The fraction of sp³-hybridized carbons (Fsp3) is 0. The highest BCUT2D eigenvalue weighted by Crippen LogP contribution is 2.35. The summed E-state index contributed by atoms with van der Waals surface area (Å²) < 4.78 is 0. The maximum Gasteiger partial charge on any atom is 0.345 e. The largest absolute Gasteiger partial charge is 0.477 e. The van der Waals surface area contributed by atoms with Crippen molar-refractivity contribution in [2.45, 2.75) is 0 Å². The van der Waals surface area contributed by atoms with E-state index in [1.54, 1.807) is 29.2 Å². The van der Waals surface area contributed by atoms with Crippen LogP contribution in [0, 0.1) is 0 Å². The molecule has 7 heteroatoms. The topological polar surface area (TPSA) is 57.6 Å². The number of rotatable bonds is 5. The Labute approximate surface area is 192 Å². The van der Waals surface area contributed by atoms with E-state index in [4.69, 9.17) is 23.2 Å². The van der Waals surface area contributed by atoms with Gasteiger partial charge in [0, 0.05) is 21.3 Å². The molecule has 0 radical (unpaired) electrons. The van der Waals surface area contributed by atoms with Crippen LogP contribution in [-0.4, -0.2) is 17.0 Å². The van der Waals surface area contributed by atoms with Crippen LogP contribution in [0.5, 0.6) is 0 Å². The summed E-state index contributed by atoms with van der Waals surface area (Å²) in [5, 5.41) is 9.93. The highest BCUT2D eigenvalue weighted by molar-refractivity contribution is 7.17. The Morgan fingerprint density at radius 3 is 2.23 bits per heavy atom. The van der Waals surface area contributed by atoms with Gasteiger partial charge in [-0.15, -0.1) is 11.3 Å². The first-order valence-electron chi connectivity index (χ1n) is 9.22. The van der Waals surface area contributed by atoms with Crippen molar-refractivity contribution in [3.05, 3.63) is 105 Å². The van der Waals surface area contributed by atoms with Crippen molar-refractivity contribution < 1.29 is 14.7 Å². The van der Waals surface area contributed by atoms with E-state index in [1.165, 1.54) is 17.4 Å². The molecule has 0 saturated heterocycles. The van der Waals surface area contributed by atoms with E-state index in [9.17, 15) is 14.7 Å². The average molecular weight is 468 g/mol. The van der Waals surface area contributed by atoms with Gasteiger partial charge in [-0.05, 0) is 60.2 Å². The Kier molecular flexibility index (Phi) is 6.09. The number of halogens is 2. The van der Waals surface area contributed by atoms with E-state index in [1.807, 2.05) is 54.6 Å². The Morgan fingerprint density at radius 2 is 1.55 bits per heavy atom. The molecule has 1 aromatic heterocycles. The molecule has 4 rings (SSSR count). The molecule has 0 saturated carbocycles. The summed E-state index contributed by atoms with van der Waals surface area (Å²) in [4.78, 5) is 27.4. The van der Waals surface area contributed by atoms with E-state index in [-0.39, 0.29) is 15.8 Å². The number of carboxylic acid groups (broad SMARTS) is 1. The third kappa shape index (κ3) is 4.49. The summed E-state index contributed by atoms with van der Waals surface area (Å²) in [6, 6.07) is 24.7. The van der Waals surface area contributed by atoms with E-state index in [2.05, 4.69) is 0 Å². The lowest BCUT2D eigenvalue weighted by Crippen LogP contribution is -2.26. The van der Waals surface area contributed by atoms with Gasteiger partial charge in [-0.1, -0.05) is 53.5 Å². The number of amides is 1. The quantitative estimate of drug-likeness (QED) is 0.332. The summed E-state index contributed by atoms with van der Waals surface area (Å²) in [7, 11) is 0. The maximum absolute atomic E-state index is 13.5. The van der Waals surface area contributed by atoms with Gasteiger partial charge in [0.15, 0.2) is 0 Å². The van der Waals surface area contributed by atoms with Crippen LogP contribution in [0.1, 0.15) is 20.0 Å². The van der Waals surface area contributed by atoms with Gasteiger partial charge < -0.3 is 5.11 Å². The van der Waals surface area contributed by atoms with Gasteiger partial charge in [-0.2, -0.15) is 0 Å². The van der Waals surface area contributed by atoms with Crippen LogP contribution in [0.15, 0.2) is 84.9 Å². The van der Waals surface area contributed by atoms with E-state index < -0.39 is 5.97 Å². The summed E-state index contributed by atoms with van der Waals surface area (Å²) in [5.41, 5.74) is 2.44. The standard InChI is InChI=1S/C24H15Cl2NO3S/c25-16-9-10-19(20(26)14-16)23(28)27(17-6-2-1-3-7-17)18-8-4-5-15(13-18)21-11-12-22(31-21)24(29)30/h1-14H,(H,29,30). The van der Waals surface area contributed by atoms with Crippen LogP contribution in [0.3, 0.4) is 0 Å². The lowest BCUT2D eigenvalue weighted by atomic mass is 10.1. The SMILES string of the molecule is O=C(O)c1ccc(-c2cccc(N(C(=O)c3ccc(Cl)cc3Cl)c3ccccc3)c2)s1. The molecule has 0 spiro atoms. The minimum atomic E-state index is -0.967. The molecule has 0 fully saturated rings. The van der Waals surface area contributed by atoms with Gasteiger partial charge in [0.1, 0.15) is 4.88 Å². The van der Waals surface area contributed by atoms with Crippen molar-refractivity contribution in [3.63, 3.8) is 0 Å². The predicted octanol–water partition coefficient (Wildman–Crippen LogP) is 7.40. The number of nitrogens with zero attached hydrogens (tertiary/aromatic N) is 1. The third-order valence-electron chi connectivity index (χ3n) is 4.58. The number of hydrogen-bond donors (Lipinski definition) is 1. The van der Waals surface area contributed by atoms with Crippen molar-refractivity contribution in [2.75, 3.05) is 4.90 Å². The van der Waals surface area contributed by atoms with Crippen LogP contribution >= 0.6 is 34.5 Å². The van der Waals surface area contributed by atoms with Crippen LogP contribution in [0.2, 0.25) is 10.0 Å². The zero-order valence-corrected chi connectivity index (χ0v) is 18.3. The first kappa shape index (κ1) is 21.1. The van der Waals surface area contributed by atoms with Gasteiger partial charge in [-0.3, -0.25) is 9.69 Å². The molecular weight excluding hydrogens is 453 g/mol. The predicted molar refractivity (Wildman–Crippen MR) is 126 cm³/mol. The Morgan fingerprint density at radius 1 is 0.806 bits per heavy atom. The summed E-state index contributed by atoms with van der Waals surface area (Å²) in [5.74, 6) is -1.27. The van der Waals surface area contributed by atoms with Crippen molar-refractivity contribution >= 4 is 57.8 Å². The summed E-state index contributed by atoms with van der Waals surface area (Å²) >= 11 is 13.5. The van der Waals surface area contributed by atoms with Crippen molar-refractivity contribution in [1.29, 1.82) is 0 Å². The van der Waals surface area contributed by atoms with Crippen molar-refractivity contribution in [3.8, 4) is 10.4 Å². The van der Waals surface area contributed by atoms with Crippen molar-refractivity contribution in [2.24, 2.45) is 0 Å². The van der Waals surface area contributed by atoms with Crippen LogP contribution in [0.4, 0.5) is 11.4 Å². The fourth-order valence-electron chi connectivity index (χ4n) is 3.15. The fourth-order valence-corrected chi connectivity index (χ4v) is 4.48. The van der Waals surface area contributed by atoms with Gasteiger partial charge in [0.25, 0.3) is 5.91 Å². The Hall–Kier alpha value is -3.12. The number of aromatic carboxylic acids is 1. The first-order chi connectivity index (χ1) is 14.9. The molecule has 154 valence electrons. The molecule has 4 nitrogen and oxygen atoms in total. The number of carbonyl (C=O) groups is 2. The number of hydrogen-bond acceptors (Lipinski definition) is 3. The number of carbonyl (C=O) groups excluding carboxylic acids is 1. The number of thiophene rings is 1. The van der Waals surface area contributed by atoms with Crippen LogP contribution in [-0.2, 0) is 0 Å². The number of anilines is 2. The minimum Gasteiger partial charge on any atom is -0.477 e. The van der Waals surface area contributed by atoms with E-state index in [0.29, 0.717) is 22.0 Å². The normalized spacial score (nSPS) is 10.6. The molecule has 0 aliphatic heterocycles. The van der Waals surface area contributed by atoms with E-state index >= 15 is 0 Å². The molecule has 0 unspecified atom stereocenters. The molecule has 1 N–H and O–H groups in total. The van der Waals surface area contributed by atoms with Gasteiger partial charge >= 0.3 is 5.97 Å².